The maximum absolute atomic E-state index is 11.7. The average molecular weight is 233 g/mol. The number of carboxylic acid groups (broad SMARTS) is 1. The van der Waals surface area contributed by atoms with Gasteiger partial charge in [-0.3, -0.25) is 5.32 Å². The second-order valence-electron chi connectivity index (χ2n) is 5.02. The Bertz CT molecular complexity index is 428. The van der Waals surface area contributed by atoms with Crippen molar-refractivity contribution >= 4 is 5.97 Å². The Morgan fingerprint density at radius 2 is 2.12 bits per heavy atom. The van der Waals surface area contributed by atoms with Gasteiger partial charge in [-0.15, -0.1) is 0 Å². The molecule has 0 bridgehead atoms. The van der Waals surface area contributed by atoms with E-state index < -0.39 is 11.5 Å². The summed E-state index contributed by atoms with van der Waals surface area (Å²) in [6, 6.07) is 8.03. The fourth-order valence-electron chi connectivity index (χ4n) is 2.76. The van der Waals surface area contributed by atoms with Crippen molar-refractivity contribution in [3.05, 3.63) is 35.4 Å². The molecule has 1 aromatic carbocycles. The van der Waals surface area contributed by atoms with Crippen LogP contribution in [0.3, 0.4) is 0 Å². The molecule has 17 heavy (non-hydrogen) atoms. The van der Waals surface area contributed by atoms with E-state index in [-0.39, 0.29) is 6.04 Å². The number of fused-ring (bicyclic) bond motifs is 1. The third kappa shape index (κ3) is 2.07. The number of hydrogen-bond acceptors (Lipinski definition) is 2. The van der Waals surface area contributed by atoms with Crippen LogP contribution in [0.25, 0.3) is 0 Å². The van der Waals surface area contributed by atoms with Crippen molar-refractivity contribution in [2.75, 3.05) is 0 Å². The molecule has 0 saturated heterocycles. The normalized spacial score (nSPS) is 23.5. The molecule has 0 spiro atoms. The molecule has 0 aromatic heterocycles. The first-order valence-electron chi connectivity index (χ1n) is 6.16. The van der Waals surface area contributed by atoms with Gasteiger partial charge < -0.3 is 5.11 Å². The quantitative estimate of drug-likeness (QED) is 0.842. The molecule has 1 aliphatic carbocycles. The van der Waals surface area contributed by atoms with Gasteiger partial charge in [0.25, 0.3) is 0 Å². The van der Waals surface area contributed by atoms with Gasteiger partial charge in [-0.05, 0) is 44.2 Å². The molecular formula is C14H19NO2. The Kier molecular flexibility index (Phi) is 3.20. The van der Waals surface area contributed by atoms with E-state index in [1.54, 1.807) is 0 Å². The molecule has 1 aliphatic rings. The summed E-state index contributed by atoms with van der Waals surface area (Å²) in [5, 5.41) is 12.9. The number of aliphatic carboxylic acids is 1. The Morgan fingerprint density at radius 3 is 2.76 bits per heavy atom. The van der Waals surface area contributed by atoms with E-state index in [9.17, 15) is 9.90 Å². The highest BCUT2D eigenvalue weighted by molar-refractivity contribution is 5.82. The summed E-state index contributed by atoms with van der Waals surface area (Å²) < 4.78 is 0. The van der Waals surface area contributed by atoms with E-state index in [0.717, 1.165) is 24.0 Å². The molecule has 2 rings (SSSR count). The molecule has 3 heteroatoms. The van der Waals surface area contributed by atoms with E-state index >= 15 is 0 Å². The van der Waals surface area contributed by atoms with Gasteiger partial charge in [0.2, 0.25) is 0 Å². The van der Waals surface area contributed by atoms with Crippen LogP contribution >= 0.6 is 0 Å². The molecule has 1 unspecified atom stereocenters. The zero-order valence-corrected chi connectivity index (χ0v) is 10.4. The van der Waals surface area contributed by atoms with Crippen molar-refractivity contribution in [1.29, 1.82) is 0 Å². The molecule has 2 N–H and O–H groups in total. The predicted octanol–water partition coefficient (Wildman–Crippen LogP) is 2.30. The summed E-state index contributed by atoms with van der Waals surface area (Å²) in [6.07, 6.45) is 2.56. The Morgan fingerprint density at radius 1 is 1.41 bits per heavy atom. The summed E-state index contributed by atoms with van der Waals surface area (Å²) in [6.45, 7) is 3.98. The first-order chi connectivity index (χ1) is 8.06. The van der Waals surface area contributed by atoms with E-state index in [4.69, 9.17) is 0 Å². The third-order valence-electron chi connectivity index (χ3n) is 3.38. The van der Waals surface area contributed by atoms with Gasteiger partial charge in [-0.1, -0.05) is 24.3 Å². The van der Waals surface area contributed by atoms with E-state index in [2.05, 4.69) is 5.32 Å². The van der Waals surface area contributed by atoms with Crippen molar-refractivity contribution in [1.82, 2.24) is 5.32 Å². The monoisotopic (exact) mass is 233 g/mol. The highest BCUT2D eigenvalue weighted by Gasteiger charge is 2.43. The molecule has 0 saturated carbocycles. The zero-order chi connectivity index (χ0) is 12.5. The third-order valence-corrected chi connectivity index (χ3v) is 3.38. The van der Waals surface area contributed by atoms with Gasteiger partial charge in [-0.25, -0.2) is 4.79 Å². The summed E-state index contributed by atoms with van der Waals surface area (Å²) in [4.78, 5) is 11.7. The van der Waals surface area contributed by atoms with Crippen LogP contribution in [0.4, 0.5) is 0 Å². The molecule has 92 valence electrons. The molecule has 0 radical (unpaired) electrons. The lowest BCUT2D eigenvalue weighted by Gasteiger charge is -2.37. The van der Waals surface area contributed by atoms with Gasteiger partial charge in [-0.2, -0.15) is 0 Å². The van der Waals surface area contributed by atoms with Crippen LogP contribution in [-0.4, -0.2) is 17.1 Å². The second kappa shape index (κ2) is 4.49. The fourth-order valence-corrected chi connectivity index (χ4v) is 2.76. The van der Waals surface area contributed by atoms with Crippen molar-refractivity contribution in [3.63, 3.8) is 0 Å². The number of carboxylic acids is 1. The number of aryl methyl sites for hydroxylation is 1. The average Bonchev–Trinajstić information content (AvgIpc) is 2.28. The molecule has 0 fully saturated rings. The molecule has 0 heterocycles. The van der Waals surface area contributed by atoms with Crippen LogP contribution in [0.2, 0.25) is 0 Å². The summed E-state index contributed by atoms with van der Waals surface area (Å²) in [5.41, 5.74) is 1.20. The Hall–Kier alpha value is -1.35. The number of hydrogen-bond donors (Lipinski definition) is 2. The first kappa shape index (κ1) is 12.1. The van der Waals surface area contributed by atoms with Gasteiger partial charge >= 0.3 is 5.97 Å². The minimum Gasteiger partial charge on any atom is -0.480 e. The minimum atomic E-state index is -0.900. The SMILES string of the molecule is CC(C)NC1(C(=O)O)CCCc2ccccc21. The van der Waals surface area contributed by atoms with Crippen LogP contribution < -0.4 is 5.32 Å². The summed E-state index contributed by atoms with van der Waals surface area (Å²) in [7, 11) is 0. The van der Waals surface area contributed by atoms with E-state index in [1.807, 2.05) is 38.1 Å². The molecule has 3 nitrogen and oxygen atoms in total. The molecular weight excluding hydrogens is 214 g/mol. The van der Waals surface area contributed by atoms with E-state index in [1.165, 1.54) is 0 Å². The van der Waals surface area contributed by atoms with Crippen molar-refractivity contribution < 1.29 is 9.90 Å². The molecule has 0 amide bonds. The topological polar surface area (TPSA) is 49.3 Å². The standard InChI is InChI=1S/C14H19NO2/c1-10(2)15-14(13(16)17)9-5-7-11-6-3-4-8-12(11)14/h3-4,6,8,10,15H,5,7,9H2,1-2H3,(H,16,17). The maximum Gasteiger partial charge on any atom is 0.328 e. The maximum atomic E-state index is 11.7. The molecule has 1 aromatic rings. The number of rotatable bonds is 3. The lowest BCUT2D eigenvalue weighted by atomic mass is 9.76. The zero-order valence-electron chi connectivity index (χ0n) is 10.4. The Balaban J connectivity index is 2.51. The van der Waals surface area contributed by atoms with Gasteiger partial charge in [0.15, 0.2) is 0 Å². The van der Waals surface area contributed by atoms with Crippen molar-refractivity contribution in [2.45, 2.75) is 44.7 Å². The van der Waals surface area contributed by atoms with Gasteiger partial charge in [0.05, 0.1) is 0 Å². The summed E-state index contributed by atoms with van der Waals surface area (Å²) in [5.74, 6) is -0.765. The van der Waals surface area contributed by atoms with E-state index in [0.29, 0.717) is 6.42 Å². The van der Waals surface area contributed by atoms with Crippen LogP contribution in [0, 0.1) is 0 Å². The van der Waals surface area contributed by atoms with Crippen LogP contribution in [0.1, 0.15) is 37.8 Å². The molecule has 1 atom stereocenters. The van der Waals surface area contributed by atoms with Gasteiger partial charge in [0, 0.05) is 6.04 Å². The van der Waals surface area contributed by atoms with Crippen molar-refractivity contribution in [3.8, 4) is 0 Å². The van der Waals surface area contributed by atoms with Crippen molar-refractivity contribution in [2.24, 2.45) is 0 Å². The van der Waals surface area contributed by atoms with Crippen LogP contribution in [0.15, 0.2) is 24.3 Å². The minimum absolute atomic E-state index is 0.150. The number of nitrogens with one attached hydrogen (secondary N) is 1. The lowest BCUT2D eigenvalue weighted by Crippen LogP contribution is -2.53. The highest BCUT2D eigenvalue weighted by Crippen LogP contribution is 2.35. The number of benzene rings is 1. The lowest BCUT2D eigenvalue weighted by molar-refractivity contribution is -0.146. The highest BCUT2D eigenvalue weighted by atomic mass is 16.4. The second-order valence-corrected chi connectivity index (χ2v) is 5.02. The van der Waals surface area contributed by atoms with Gasteiger partial charge in [0.1, 0.15) is 5.54 Å². The largest absolute Gasteiger partial charge is 0.480 e. The summed E-state index contributed by atoms with van der Waals surface area (Å²) >= 11 is 0. The smallest absolute Gasteiger partial charge is 0.328 e. The Labute approximate surface area is 102 Å². The molecule has 0 aliphatic heterocycles. The van der Waals surface area contributed by atoms with Crippen LogP contribution in [-0.2, 0) is 16.8 Å². The first-order valence-corrected chi connectivity index (χ1v) is 6.16. The number of carbonyl (C=O) groups is 1. The predicted molar refractivity (Wildman–Crippen MR) is 67.0 cm³/mol. The fraction of sp³-hybridized carbons (Fsp3) is 0.500. The van der Waals surface area contributed by atoms with Crippen LogP contribution in [0.5, 0.6) is 0 Å².